The number of anilines is 1. The number of likely N-dealkylation sites (N-methyl/N-ethyl adjacent to an activating group) is 2. The summed E-state index contributed by atoms with van der Waals surface area (Å²) >= 11 is 6.09. The highest BCUT2D eigenvalue weighted by atomic mass is 35.5. The fourth-order valence-electron chi connectivity index (χ4n) is 2.77. The van der Waals surface area contributed by atoms with Crippen molar-refractivity contribution in [3.63, 3.8) is 0 Å². The maximum absolute atomic E-state index is 8.89. The van der Waals surface area contributed by atoms with Crippen LogP contribution in [0.25, 0.3) is 0 Å². The van der Waals surface area contributed by atoms with Crippen molar-refractivity contribution >= 4 is 17.3 Å². The number of nitrogens with zero attached hydrogens (tertiary/aromatic N) is 3. The molecule has 1 aliphatic rings. The Morgan fingerprint density at radius 1 is 1.53 bits per heavy atom. The molecule has 0 N–H and O–H groups in total. The summed E-state index contributed by atoms with van der Waals surface area (Å²) in [4.78, 5) is 4.76. The molecule has 1 saturated heterocycles. The number of hydrogen-bond donors (Lipinski definition) is 0. The van der Waals surface area contributed by atoms with E-state index in [-0.39, 0.29) is 0 Å². The predicted octanol–water partition coefficient (Wildman–Crippen LogP) is 3.13. The van der Waals surface area contributed by atoms with E-state index < -0.39 is 0 Å². The van der Waals surface area contributed by atoms with Gasteiger partial charge in [0.25, 0.3) is 0 Å². The van der Waals surface area contributed by atoms with Crippen LogP contribution in [0.5, 0.6) is 0 Å². The zero-order chi connectivity index (χ0) is 13.8. The van der Waals surface area contributed by atoms with Crippen LogP contribution in [0.15, 0.2) is 18.2 Å². The fraction of sp³-hybridized carbons (Fsp3) is 0.533. The highest BCUT2D eigenvalue weighted by molar-refractivity contribution is 6.32. The fourth-order valence-corrected chi connectivity index (χ4v) is 2.99. The third-order valence-corrected chi connectivity index (χ3v) is 4.22. The van der Waals surface area contributed by atoms with Gasteiger partial charge in [0.15, 0.2) is 0 Å². The molecule has 2 rings (SSSR count). The molecule has 0 bridgehead atoms. The zero-order valence-corrected chi connectivity index (χ0v) is 12.3. The Morgan fingerprint density at radius 2 is 2.32 bits per heavy atom. The van der Waals surface area contributed by atoms with Crippen molar-refractivity contribution in [2.75, 3.05) is 31.6 Å². The number of hydrogen-bond acceptors (Lipinski definition) is 3. The van der Waals surface area contributed by atoms with Crippen molar-refractivity contribution < 1.29 is 0 Å². The lowest BCUT2D eigenvalue weighted by molar-refractivity contribution is 0.270. The highest BCUT2D eigenvalue weighted by Gasteiger charge is 2.24. The number of benzene rings is 1. The lowest BCUT2D eigenvalue weighted by Gasteiger charge is -2.29. The molecule has 1 atom stereocenters. The Hall–Kier alpha value is -1.24. The SMILES string of the molecule is CCN1CCCC1CN(C)c1ccc(C#N)c(Cl)c1. The second-order valence-corrected chi connectivity index (χ2v) is 5.49. The average Bonchev–Trinajstić information content (AvgIpc) is 2.85. The van der Waals surface area contributed by atoms with Gasteiger partial charge in [0.1, 0.15) is 6.07 Å². The van der Waals surface area contributed by atoms with Crippen LogP contribution in [0, 0.1) is 11.3 Å². The van der Waals surface area contributed by atoms with Crippen LogP contribution in [0.1, 0.15) is 25.3 Å². The lowest BCUT2D eigenvalue weighted by Crippen LogP contribution is -2.38. The maximum Gasteiger partial charge on any atom is 0.101 e. The van der Waals surface area contributed by atoms with Gasteiger partial charge >= 0.3 is 0 Å². The van der Waals surface area contributed by atoms with E-state index in [9.17, 15) is 0 Å². The molecular formula is C15H20ClN3. The highest BCUT2D eigenvalue weighted by Crippen LogP contribution is 2.24. The lowest BCUT2D eigenvalue weighted by atomic mass is 10.1. The van der Waals surface area contributed by atoms with E-state index in [1.807, 2.05) is 12.1 Å². The van der Waals surface area contributed by atoms with Crippen LogP contribution in [0.3, 0.4) is 0 Å². The van der Waals surface area contributed by atoms with Crippen LogP contribution in [0.4, 0.5) is 5.69 Å². The molecule has 0 radical (unpaired) electrons. The predicted molar refractivity (Wildman–Crippen MR) is 79.7 cm³/mol. The van der Waals surface area contributed by atoms with Gasteiger partial charge in [-0.3, -0.25) is 4.90 Å². The first kappa shape index (κ1) is 14.2. The van der Waals surface area contributed by atoms with Crippen molar-refractivity contribution in [1.82, 2.24) is 4.90 Å². The van der Waals surface area contributed by atoms with Gasteiger partial charge in [-0.05, 0) is 44.1 Å². The zero-order valence-electron chi connectivity index (χ0n) is 11.6. The van der Waals surface area contributed by atoms with E-state index in [0.717, 1.165) is 18.8 Å². The molecule has 0 amide bonds. The normalized spacial score (nSPS) is 19.4. The van der Waals surface area contributed by atoms with E-state index in [2.05, 4.69) is 29.8 Å². The first-order valence-electron chi connectivity index (χ1n) is 6.80. The van der Waals surface area contributed by atoms with Gasteiger partial charge in [0.05, 0.1) is 10.6 Å². The van der Waals surface area contributed by atoms with Gasteiger partial charge in [-0.15, -0.1) is 0 Å². The van der Waals surface area contributed by atoms with Crippen LogP contribution in [-0.2, 0) is 0 Å². The summed E-state index contributed by atoms with van der Waals surface area (Å²) in [5.74, 6) is 0. The molecule has 0 saturated carbocycles. The van der Waals surface area contributed by atoms with Crippen LogP contribution < -0.4 is 4.90 Å². The van der Waals surface area contributed by atoms with Crippen molar-refractivity contribution in [3.8, 4) is 6.07 Å². The monoisotopic (exact) mass is 277 g/mol. The van der Waals surface area contributed by atoms with E-state index in [4.69, 9.17) is 16.9 Å². The smallest absolute Gasteiger partial charge is 0.101 e. The second-order valence-electron chi connectivity index (χ2n) is 5.08. The molecule has 1 heterocycles. The van der Waals surface area contributed by atoms with Gasteiger partial charge in [-0.1, -0.05) is 18.5 Å². The Balaban J connectivity index is 2.06. The molecule has 0 spiro atoms. The molecule has 102 valence electrons. The Labute approximate surface area is 120 Å². The average molecular weight is 278 g/mol. The standard InChI is InChI=1S/C15H20ClN3/c1-3-19-8-4-5-14(19)11-18(2)13-7-6-12(10-17)15(16)9-13/h6-7,9,14H,3-5,8,11H2,1-2H3. The molecule has 3 nitrogen and oxygen atoms in total. The first-order chi connectivity index (χ1) is 9.15. The topological polar surface area (TPSA) is 30.3 Å². The van der Waals surface area contributed by atoms with Crippen LogP contribution in [-0.4, -0.2) is 37.6 Å². The molecule has 0 aliphatic carbocycles. The summed E-state index contributed by atoms with van der Waals surface area (Å²) in [6.07, 6.45) is 2.56. The molecule has 0 aromatic heterocycles. The molecule has 1 aromatic rings. The van der Waals surface area contributed by atoms with Crippen LogP contribution in [0.2, 0.25) is 5.02 Å². The van der Waals surface area contributed by atoms with E-state index in [1.54, 1.807) is 6.07 Å². The third kappa shape index (κ3) is 3.20. The molecule has 1 unspecified atom stereocenters. The van der Waals surface area contributed by atoms with Crippen molar-refractivity contribution in [2.45, 2.75) is 25.8 Å². The van der Waals surface area contributed by atoms with E-state index in [1.165, 1.54) is 19.4 Å². The largest absolute Gasteiger partial charge is 0.373 e. The minimum Gasteiger partial charge on any atom is -0.373 e. The second kappa shape index (κ2) is 6.27. The Bertz CT molecular complexity index is 481. The molecule has 1 aliphatic heterocycles. The summed E-state index contributed by atoms with van der Waals surface area (Å²) in [5.41, 5.74) is 1.61. The Kier molecular flexibility index (Phi) is 4.68. The first-order valence-corrected chi connectivity index (χ1v) is 7.18. The summed E-state index contributed by atoms with van der Waals surface area (Å²) < 4.78 is 0. The molecule has 1 aromatic carbocycles. The van der Waals surface area contributed by atoms with Gasteiger partial charge in [0.2, 0.25) is 0 Å². The molecule has 19 heavy (non-hydrogen) atoms. The molecule has 4 heteroatoms. The van der Waals surface area contributed by atoms with Crippen LogP contribution >= 0.6 is 11.6 Å². The third-order valence-electron chi connectivity index (χ3n) is 3.90. The summed E-state index contributed by atoms with van der Waals surface area (Å²) in [5, 5.41) is 9.42. The van der Waals surface area contributed by atoms with Gasteiger partial charge in [0, 0.05) is 25.3 Å². The maximum atomic E-state index is 8.89. The molecular weight excluding hydrogens is 258 g/mol. The van der Waals surface area contributed by atoms with Gasteiger partial charge in [-0.25, -0.2) is 0 Å². The minimum atomic E-state index is 0.533. The number of rotatable bonds is 4. The van der Waals surface area contributed by atoms with Gasteiger partial charge < -0.3 is 4.90 Å². The quantitative estimate of drug-likeness (QED) is 0.847. The van der Waals surface area contributed by atoms with E-state index in [0.29, 0.717) is 16.6 Å². The summed E-state index contributed by atoms with van der Waals surface area (Å²) in [6, 6.07) is 8.36. The van der Waals surface area contributed by atoms with E-state index >= 15 is 0 Å². The Morgan fingerprint density at radius 3 is 2.95 bits per heavy atom. The number of halogens is 1. The summed E-state index contributed by atoms with van der Waals surface area (Å²) in [7, 11) is 2.09. The van der Waals surface area contributed by atoms with Gasteiger partial charge in [-0.2, -0.15) is 5.26 Å². The van der Waals surface area contributed by atoms with Crippen molar-refractivity contribution in [3.05, 3.63) is 28.8 Å². The van der Waals surface area contributed by atoms with Crippen molar-refractivity contribution in [2.24, 2.45) is 0 Å². The number of nitriles is 1. The summed E-state index contributed by atoms with van der Waals surface area (Å²) in [6.45, 7) is 5.56. The van der Waals surface area contributed by atoms with Crippen molar-refractivity contribution in [1.29, 1.82) is 5.26 Å². The number of likely N-dealkylation sites (tertiary alicyclic amines) is 1. The molecule has 1 fully saturated rings. The minimum absolute atomic E-state index is 0.533.